The highest BCUT2D eigenvalue weighted by molar-refractivity contribution is 5.82. The second-order valence-electron chi connectivity index (χ2n) is 5.74. The third-order valence-corrected chi connectivity index (χ3v) is 4.03. The number of hydrogen-bond acceptors (Lipinski definition) is 3. The quantitative estimate of drug-likeness (QED) is 0.708. The van der Waals surface area contributed by atoms with E-state index in [2.05, 4.69) is 19.2 Å². The van der Waals surface area contributed by atoms with Gasteiger partial charge in [-0.15, -0.1) is 0 Å². The number of aliphatic hydroxyl groups is 1. The fraction of sp³-hybridized carbons (Fsp3) is 0.917. The summed E-state index contributed by atoms with van der Waals surface area (Å²) in [6.07, 6.45) is 2.05. The number of amides is 1. The molecule has 2 rings (SSSR count). The predicted octanol–water partition coefficient (Wildman–Crippen LogP) is 0.215. The van der Waals surface area contributed by atoms with Gasteiger partial charge in [-0.3, -0.25) is 4.79 Å². The van der Waals surface area contributed by atoms with E-state index >= 15 is 0 Å². The molecule has 2 aliphatic heterocycles. The van der Waals surface area contributed by atoms with E-state index < -0.39 is 0 Å². The summed E-state index contributed by atoms with van der Waals surface area (Å²) in [5.41, 5.74) is 0.0447. The third kappa shape index (κ3) is 2.09. The second kappa shape index (κ2) is 4.34. The van der Waals surface area contributed by atoms with Crippen LogP contribution in [-0.4, -0.2) is 48.2 Å². The van der Waals surface area contributed by atoms with Crippen molar-refractivity contribution in [2.24, 2.45) is 11.3 Å². The molecule has 0 aromatic heterocycles. The normalized spacial score (nSPS) is 33.3. The maximum absolute atomic E-state index is 12.2. The van der Waals surface area contributed by atoms with E-state index in [1.54, 1.807) is 0 Å². The Labute approximate surface area is 97.0 Å². The van der Waals surface area contributed by atoms with Crippen molar-refractivity contribution in [3.8, 4) is 0 Å². The number of nitrogens with zero attached hydrogens (tertiary/aromatic N) is 1. The number of carbonyl (C=O) groups is 1. The highest BCUT2D eigenvalue weighted by atomic mass is 16.3. The first-order chi connectivity index (χ1) is 7.54. The van der Waals surface area contributed by atoms with Crippen molar-refractivity contribution >= 4 is 5.91 Å². The molecule has 0 spiro atoms. The smallest absolute Gasteiger partial charge is 0.239 e. The fourth-order valence-corrected chi connectivity index (χ4v) is 2.79. The van der Waals surface area contributed by atoms with Crippen LogP contribution in [-0.2, 0) is 4.79 Å². The lowest BCUT2D eigenvalue weighted by Crippen LogP contribution is -2.43. The van der Waals surface area contributed by atoms with E-state index in [9.17, 15) is 9.90 Å². The summed E-state index contributed by atoms with van der Waals surface area (Å²) in [5, 5.41) is 12.6. The van der Waals surface area contributed by atoms with Crippen molar-refractivity contribution in [2.45, 2.75) is 32.7 Å². The topological polar surface area (TPSA) is 52.6 Å². The van der Waals surface area contributed by atoms with E-state index in [0.29, 0.717) is 6.54 Å². The summed E-state index contributed by atoms with van der Waals surface area (Å²) in [4.78, 5) is 14.1. The van der Waals surface area contributed by atoms with Gasteiger partial charge in [-0.05, 0) is 24.8 Å². The van der Waals surface area contributed by atoms with Gasteiger partial charge in [-0.1, -0.05) is 13.8 Å². The second-order valence-corrected chi connectivity index (χ2v) is 5.74. The summed E-state index contributed by atoms with van der Waals surface area (Å²) >= 11 is 0. The Morgan fingerprint density at radius 3 is 2.81 bits per heavy atom. The summed E-state index contributed by atoms with van der Waals surface area (Å²) in [6, 6.07) is 0.0215. The van der Waals surface area contributed by atoms with Crippen LogP contribution in [0, 0.1) is 11.3 Å². The van der Waals surface area contributed by atoms with Gasteiger partial charge in [0.05, 0.1) is 6.04 Å². The Hall–Kier alpha value is -0.610. The molecular weight excluding hydrogens is 204 g/mol. The molecule has 2 fully saturated rings. The standard InChI is InChI=1S/C12H22N2O2/c1-12(2)8-14(6-9(12)7-15)11(16)10-4-3-5-13-10/h9-10,13,15H,3-8H2,1-2H3/t9-,10-/m0/s1. The molecule has 4 nitrogen and oxygen atoms in total. The van der Waals surface area contributed by atoms with E-state index in [1.807, 2.05) is 4.90 Å². The van der Waals surface area contributed by atoms with Gasteiger partial charge < -0.3 is 15.3 Å². The first-order valence-corrected chi connectivity index (χ1v) is 6.17. The Balaban J connectivity index is 1.99. The van der Waals surface area contributed by atoms with E-state index in [1.165, 1.54) is 0 Å². The van der Waals surface area contributed by atoms with Crippen LogP contribution in [0.2, 0.25) is 0 Å². The lowest BCUT2D eigenvalue weighted by atomic mass is 9.83. The van der Waals surface area contributed by atoms with Gasteiger partial charge >= 0.3 is 0 Å². The summed E-state index contributed by atoms with van der Waals surface area (Å²) < 4.78 is 0. The molecule has 4 heteroatoms. The lowest BCUT2D eigenvalue weighted by Gasteiger charge is -2.24. The molecule has 92 valence electrons. The van der Waals surface area contributed by atoms with Gasteiger partial charge in [0.15, 0.2) is 0 Å². The van der Waals surface area contributed by atoms with Gasteiger partial charge in [0.1, 0.15) is 0 Å². The number of hydrogen-bond donors (Lipinski definition) is 2. The first kappa shape index (κ1) is 11.9. The number of likely N-dealkylation sites (tertiary alicyclic amines) is 1. The van der Waals surface area contributed by atoms with Crippen molar-refractivity contribution in [3.05, 3.63) is 0 Å². The molecule has 0 saturated carbocycles. The molecule has 0 unspecified atom stereocenters. The molecule has 16 heavy (non-hydrogen) atoms. The van der Waals surface area contributed by atoms with Crippen molar-refractivity contribution in [1.29, 1.82) is 0 Å². The maximum atomic E-state index is 12.2. The molecule has 2 atom stereocenters. The summed E-state index contributed by atoms with van der Waals surface area (Å²) in [7, 11) is 0. The number of rotatable bonds is 2. The first-order valence-electron chi connectivity index (χ1n) is 6.17. The average Bonchev–Trinajstić information content (AvgIpc) is 2.83. The largest absolute Gasteiger partial charge is 0.396 e. The minimum absolute atomic E-state index is 0.0215. The Morgan fingerprint density at radius 1 is 1.56 bits per heavy atom. The van der Waals surface area contributed by atoms with Crippen LogP contribution in [0.3, 0.4) is 0 Å². The minimum Gasteiger partial charge on any atom is -0.396 e. The molecular formula is C12H22N2O2. The molecule has 2 saturated heterocycles. The highest BCUT2D eigenvalue weighted by Crippen LogP contribution is 2.35. The van der Waals surface area contributed by atoms with Crippen LogP contribution >= 0.6 is 0 Å². The Kier molecular flexibility index (Phi) is 3.22. The van der Waals surface area contributed by atoms with Crippen LogP contribution < -0.4 is 5.32 Å². The van der Waals surface area contributed by atoms with Crippen molar-refractivity contribution in [1.82, 2.24) is 10.2 Å². The molecule has 2 N–H and O–H groups in total. The SMILES string of the molecule is CC1(C)CN(C(=O)[C@@H]2CCCN2)C[C@H]1CO. The molecule has 0 bridgehead atoms. The molecule has 0 aromatic carbocycles. The molecule has 2 aliphatic rings. The van der Waals surface area contributed by atoms with E-state index in [0.717, 1.165) is 25.9 Å². The van der Waals surface area contributed by atoms with Gasteiger partial charge in [0.25, 0.3) is 0 Å². The van der Waals surface area contributed by atoms with Crippen molar-refractivity contribution in [3.63, 3.8) is 0 Å². The van der Waals surface area contributed by atoms with Crippen molar-refractivity contribution < 1.29 is 9.90 Å². The number of carbonyl (C=O) groups excluding carboxylic acids is 1. The minimum atomic E-state index is 0.0215. The summed E-state index contributed by atoms with van der Waals surface area (Å²) in [5.74, 6) is 0.444. The van der Waals surface area contributed by atoms with Gasteiger partial charge in [-0.2, -0.15) is 0 Å². The average molecular weight is 226 g/mol. The lowest BCUT2D eigenvalue weighted by molar-refractivity contribution is -0.132. The monoisotopic (exact) mass is 226 g/mol. The van der Waals surface area contributed by atoms with E-state index in [-0.39, 0.29) is 29.9 Å². The van der Waals surface area contributed by atoms with Crippen molar-refractivity contribution in [2.75, 3.05) is 26.2 Å². The maximum Gasteiger partial charge on any atom is 0.239 e. The summed E-state index contributed by atoms with van der Waals surface area (Å²) in [6.45, 7) is 6.87. The zero-order valence-electron chi connectivity index (χ0n) is 10.2. The molecule has 0 aromatic rings. The number of aliphatic hydroxyl groups excluding tert-OH is 1. The molecule has 2 heterocycles. The predicted molar refractivity (Wildman–Crippen MR) is 62.0 cm³/mol. The zero-order valence-corrected chi connectivity index (χ0v) is 10.2. The van der Waals surface area contributed by atoms with Crippen LogP contribution in [0.1, 0.15) is 26.7 Å². The van der Waals surface area contributed by atoms with Crippen LogP contribution in [0.25, 0.3) is 0 Å². The van der Waals surface area contributed by atoms with Gasteiger partial charge in [0, 0.05) is 25.6 Å². The van der Waals surface area contributed by atoms with Gasteiger partial charge in [0.2, 0.25) is 5.91 Å². The number of nitrogens with one attached hydrogen (secondary N) is 1. The Bertz CT molecular complexity index is 272. The zero-order chi connectivity index (χ0) is 11.8. The van der Waals surface area contributed by atoms with Crippen LogP contribution in [0.5, 0.6) is 0 Å². The third-order valence-electron chi connectivity index (χ3n) is 4.03. The highest BCUT2D eigenvalue weighted by Gasteiger charge is 2.42. The van der Waals surface area contributed by atoms with Crippen LogP contribution in [0.4, 0.5) is 0 Å². The molecule has 0 aliphatic carbocycles. The molecule has 1 amide bonds. The molecule has 0 radical (unpaired) electrons. The fourth-order valence-electron chi connectivity index (χ4n) is 2.79. The van der Waals surface area contributed by atoms with Gasteiger partial charge in [-0.25, -0.2) is 0 Å². The van der Waals surface area contributed by atoms with Crippen LogP contribution in [0.15, 0.2) is 0 Å². The Morgan fingerprint density at radius 2 is 2.31 bits per heavy atom. The van der Waals surface area contributed by atoms with E-state index in [4.69, 9.17) is 0 Å².